The molecule has 0 N–H and O–H groups in total. The third kappa shape index (κ3) is 1.76. The zero-order valence-corrected chi connectivity index (χ0v) is 16.0. The molecule has 3 unspecified atom stereocenters. The van der Waals surface area contributed by atoms with Crippen LogP contribution in [-0.2, 0) is 5.41 Å². The number of halogens is 1. The van der Waals surface area contributed by atoms with Crippen molar-refractivity contribution in [2.24, 2.45) is 17.3 Å². The number of hydrogen-bond acceptors (Lipinski definition) is 0. The van der Waals surface area contributed by atoms with Gasteiger partial charge in [0.05, 0.1) is 8.80 Å². The minimum Gasteiger partial charge on any atom is -0.0670 e. The molecule has 1 aromatic rings. The Morgan fingerprint density at radius 1 is 1.20 bits per heavy atom. The molecule has 0 aliphatic heterocycles. The van der Waals surface area contributed by atoms with E-state index in [0.29, 0.717) is 10.8 Å². The molecule has 3 fully saturated rings. The van der Waals surface area contributed by atoms with Crippen molar-refractivity contribution in [3.05, 3.63) is 28.2 Å². The van der Waals surface area contributed by atoms with Gasteiger partial charge in [-0.15, -0.1) is 0 Å². The summed E-state index contributed by atoms with van der Waals surface area (Å²) in [5, 5.41) is 1.57. The Balaban J connectivity index is 2.10. The predicted molar refractivity (Wildman–Crippen MR) is 93.2 cm³/mol. The maximum absolute atomic E-state index is 3.75. The monoisotopic (exact) mass is 349 g/mol. The summed E-state index contributed by atoms with van der Waals surface area (Å²) in [4.78, 5) is 0. The van der Waals surface area contributed by atoms with Crippen LogP contribution in [0.3, 0.4) is 0 Å². The highest BCUT2D eigenvalue weighted by molar-refractivity contribution is 9.10. The molecule has 0 spiro atoms. The first-order valence-electron chi connectivity index (χ1n) is 7.91. The maximum Gasteiger partial charge on any atom is 0.0806 e. The SMILES string of the molecule is CC1CCC2CC1(c1ccc(Br)c([Si](C)C)c1)C2(C)C. The van der Waals surface area contributed by atoms with Crippen molar-refractivity contribution in [2.75, 3.05) is 0 Å². The molecule has 3 aliphatic carbocycles. The van der Waals surface area contributed by atoms with Crippen LogP contribution in [0.1, 0.15) is 45.6 Å². The molecule has 20 heavy (non-hydrogen) atoms. The molecule has 1 radical (unpaired) electrons. The Labute approximate surface area is 134 Å². The molecule has 0 saturated heterocycles. The molecule has 3 atom stereocenters. The molecule has 0 aromatic heterocycles. The lowest BCUT2D eigenvalue weighted by Gasteiger charge is -2.69. The van der Waals surface area contributed by atoms with Crippen molar-refractivity contribution in [3.63, 3.8) is 0 Å². The molecule has 2 bridgehead atoms. The fourth-order valence-electron chi connectivity index (χ4n) is 5.10. The van der Waals surface area contributed by atoms with Crippen LogP contribution in [0.15, 0.2) is 22.7 Å². The first-order chi connectivity index (χ1) is 9.30. The van der Waals surface area contributed by atoms with Crippen LogP contribution in [0, 0.1) is 17.3 Å². The van der Waals surface area contributed by atoms with Crippen molar-refractivity contribution in [3.8, 4) is 0 Å². The zero-order valence-electron chi connectivity index (χ0n) is 13.4. The van der Waals surface area contributed by atoms with Crippen molar-refractivity contribution in [1.29, 1.82) is 0 Å². The molecule has 3 saturated carbocycles. The standard InChI is InChI=1S/C18H26BrSi/c1-12-6-7-14-11-18(12,17(14,2)3)13-8-9-15(19)16(10-13)20(4)5/h8-10,12,14H,6-7,11H2,1-5H3. The Bertz CT molecular complexity index is 534. The summed E-state index contributed by atoms with van der Waals surface area (Å²) in [6.45, 7) is 12.3. The third-order valence-electron chi connectivity index (χ3n) is 6.55. The van der Waals surface area contributed by atoms with Gasteiger partial charge >= 0.3 is 0 Å². The summed E-state index contributed by atoms with van der Waals surface area (Å²) in [5.74, 6) is 1.76. The van der Waals surface area contributed by atoms with Crippen LogP contribution in [0.5, 0.6) is 0 Å². The van der Waals surface area contributed by atoms with Gasteiger partial charge in [-0.2, -0.15) is 0 Å². The molecule has 109 valence electrons. The van der Waals surface area contributed by atoms with Crippen LogP contribution in [0.25, 0.3) is 0 Å². The minimum atomic E-state index is -0.412. The van der Waals surface area contributed by atoms with Gasteiger partial charge in [0.1, 0.15) is 0 Å². The zero-order chi connectivity index (χ0) is 14.7. The van der Waals surface area contributed by atoms with E-state index in [0.717, 1.165) is 11.8 Å². The first-order valence-corrected chi connectivity index (χ1v) is 11.2. The molecule has 0 nitrogen and oxygen atoms in total. The van der Waals surface area contributed by atoms with E-state index in [1.807, 2.05) is 0 Å². The molecule has 1 aromatic carbocycles. The van der Waals surface area contributed by atoms with Gasteiger partial charge in [0.25, 0.3) is 0 Å². The van der Waals surface area contributed by atoms with Crippen LogP contribution in [-0.4, -0.2) is 8.80 Å². The first kappa shape index (κ1) is 14.8. The molecule has 2 heteroatoms. The van der Waals surface area contributed by atoms with E-state index in [4.69, 9.17) is 0 Å². The van der Waals surface area contributed by atoms with Crippen LogP contribution in [0.2, 0.25) is 13.1 Å². The second kappa shape index (κ2) is 4.71. The summed E-state index contributed by atoms with van der Waals surface area (Å²) in [5.41, 5.74) is 2.53. The quantitative estimate of drug-likeness (QED) is 0.649. The number of benzene rings is 1. The Morgan fingerprint density at radius 3 is 2.45 bits per heavy atom. The van der Waals surface area contributed by atoms with Gasteiger partial charge < -0.3 is 0 Å². The average molecular weight is 350 g/mol. The summed E-state index contributed by atoms with van der Waals surface area (Å²) >= 11 is 3.75. The summed E-state index contributed by atoms with van der Waals surface area (Å²) in [6.07, 6.45) is 4.27. The number of fused-ring (bicyclic) bond motifs is 2. The lowest BCUT2D eigenvalue weighted by atomic mass is 9.35. The van der Waals surface area contributed by atoms with Gasteiger partial charge in [-0.05, 0) is 53.3 Å². The molecule has 0 amide bonds. The van der Waals surface area contributed by atoms with Gasteiger partial charge in [0.2, 0.25) is 0 Å². The van der Waals surface area contributed by atoms with Crippen LogP contribution >= 0.6 is 15.9 Å². The Morgan fingerprint density at radius 2 is 1.90 bits per heavy atom. The van der Waals surface area contributed by atoms with Crippen molar-refractivity contribution in [2.45, 2.75) is 58.5 Å². The lowest BCUT2D eigenvalue weighted by Crippen LogP contribution is -2.64. The second-order valence-corrected chi connectivity index (χ2v) is 11.2. The van der Waals surface area contributed by atoms with E-state index < -0.39 is 8.80 Å². The Kier molecular flexibility index (Phi) is 3.49. The van der Waals surface area contributed by atoms with Gasteiger partial charge in [-0.3, -0.25) is 0 Å². The van der Waals surface area contributed by atoms with E-state index in [1.165, 1.54) is 23.7 Å². The van der Waals surface area contributed by atoms with Crippen molar-refractivity contribution < 1.29 is 0 Å². The van der Waals surface area contributed by atoms with E-state index >= 15 is 0 Å². The fraction of sp³-hybridized carbons (Fsp3) is 0.667. The van der Waals surface area contributed by atoms with Gasteiger partial charge in [-0.25, -0.2) is 0 Å². The molecular formula is C18H26BrSi. The van der Waals surface area contributed by atoms with E-state index in [-0.39, 0.29) is 0 Å². The summed E-state index contributed by atoms with van der Waals surface area (Å²) < 4.78 is 1.31. The smallest absolute Gasteiger partial charge is 0.0670 e. The highest BCUT2D eigenvalue weighted by atomic mass is 79.9. The topological polar surface area (TPSA) is 0 Å². The van der Waals surface area contributed by atoms with E-state index in [2.05, 4.69) is 68.0 Å². The lowest BCUT2D eigenvalue weighted by molar-refractivity contribution is -0.133. The highest BCUT2D eigenvalue weighted by Gasteiger charge is 2.64. The van der Waals surface area contributed by atoms with Crippen LogP contribution < -0.4 is 5.19 Å². The molecule has 3 aliphatic rings. The number of rotatable bonds is 2. The minimum absolute atomic E-state index is 0.412. The average Bonchev–Trinajstić information content (AvgIpc) is 2.38. The van der Waals surface area contributed by atoms with Gasteiger partial charge in [0.15, 0.2) is 0 Å². The van der Waals surface area contributed by atoms with E-state index in [9.17, 15) is 0 Å². The summed E-state index contributed by atoms with van der Waals surface area (Å²) in [7, 11) is -0.412. The highest BCUT2D eigenvalue weighted by Crippen LogP contribution is 2.70. The molecule has 0 heterocycles. The predicted octanol–water partition coefficient (Wildman–Crippen LogP) is 5.12. The molecule has 4 rings (SSSR count). The van der Waals surface area contributed by atoms with Gasteiger partial charge in [0, 0.05) is 9.89 Å². The largest absolute Gasteiger partial charge is 0.0806 e. The summed E-state index contributed by atoms with van der Waals surface area (Å²) in [6, 6.07) is 7.25. The van der Waals surface area contributed by atoms with E-state index in [1.54, 1.807) is 10.8 Å². The second-order valence-electron chi connectivity index (χ2n) is 7.77. The third-order valence-corrected chi connectivity index (χ3v) is 9.10. The van der Waals surface area contributed by atoms with Crippen molar-refractivity contribution >= 4 is 29.9 Å². The molecular weight excluding hydrogens is 324 g/mol. The normalized spacial score (nSPS) is 35.0. The van der Waals surface area contributed by atoms with Crippen molar-refractivity contribution in [1.82, 2.24) is 0 Å². The Hall–Kier alpha value is -0.0831. The maximum atomic E-state index is 3.75. The van der Waals surface area contributed by atoms with Crippen LogP contribution in [0.4, 0.5) is 0 Å². The number of hydrogen-bond donors (Lipinski definition) is 0. The van der Waals surface area contributed by atoms with Gasteiger partial charge in [-0.1, -0.05) is 61.9 Å². The fourth-order valence-corrected chi connectivity index (χ4v) is 7.54.